The Kier molecular flexibility index (Phi) is 10.9. The molecule has 1 aliphatic heterocycles. The first-order valence-corrected chi connectivity index (χ1v) is 12.5. The molecule has 2 aromatic carbocycles. The summed E-state index contributed by atoms with van der Waals surface area (Å²) in [5.74, 6) is 4.82. The number of rotatable bonds is 10. The van der Waals surface area contributed by atoms with Crippen molar-refractivity contribution in [2.24, 2.45) is 5.84 Å². The predicted octanol–water partition coefficient (Wildman–Crippen LogP) is 1.61. The van der Waals surface area contributed by atoms with E-state index >= 15 is 0 Å². The molecule has 3 rings (SSSR count). The lowest BCUT2D eigenvalue weighted by molar-refractivity contribution is -0.138. The average Bonchev–Trinajstić information content (AvgIpc) is 2.86. The van der Waals surface area contributed by atoms with Crippen LogP contribution in [0.4, 0.5) is 0 Å². The number of nitrogens with one attached hydrogen (secondary N) is 3. The molecule has 6 N–H and O–H groups in total. The van der Waals surface area contributed by atoms with Crippen molar-refractivity contribution in [3.8, 4) is 5.75 Å². The number of benzene rings is 2. The van der Waals surface area contributed by atoms with E-state index in [0.29, 0.717) is 24.3 Å². The first-order chi connectivity index (χ1) is 17.1. The highest BCUT2D eigenvalue weighted by Crippen LogP contribution is 2.32. The molecule has 0 saturated heterocycles. The molecular weight excluding hydrogens is 488 g/mol. The van der Waals surface area contributed by atoms with Crippen LogP contribution in [0.25, 0.3) is 0 Å². The highest BCUT2D eigenvalue weighted by atomic mass is 32.2. The van der Waals surface area contributed by atoms with E-state index in [2.05, 4.69) is 20.2 Å². The number of carbonyl (C=O) groups is 2. The second-order valence-corrected chi connectivity index (χ2v) is 9.74. The van der Waals surface area contributed by atoms with Crippen LogP contribution in [0.2, 0.25) is 0 Å². The number of hydrogen-bond acceptors (Lipinski definition) is 9. The molecule has 0 fully saturated rings. The number of carboxylic acid groups (broad SMARTS) is 1. The summed E-state index contributed by atoms with van der Waals surface area (Å²) < 4.78 is 37.3. The summed E-state index contributed by atoms with van der Waals surface area (Å²) in [5.41, 5.74) is 4.93. The van der Waals surface area contributed by atoms with Gasteiger partial charge in [-0.1, -0.05) is 29.8 Å². The van der Waals surface area contributed by atoms with E-state index in [9.17, 15) is 23.1 Å². The summed E-state index contributed by atoms with van der Waals surface area (Å²) in [7, 11) is -0.799. The van der Waals surface area contributed by atoms with Gasteiger partial charge in [0.25, 0.3) is 0 Å². The first-order valence-electron chi connectivity index (χ1n) is 11.0. The molecule has 1 heterocycles. The molecule has 2 unspecified atom stereocenters. The molecule has 0 spiro atoms. The molecule has 0 amide bonds. The number of methoxy groups -OCH3 is 1. The quantitative estimate of drug-likeness (QED) is 0.176. The molecular formula is C24H32N4O7S. The Balaban J connectivity index is 0.00000145. The molecule has 196 valence electrons. The second-order valence-electron chi connectivity index (χ2n) is 8.02. The lowest BCUT2D eigenvalue weighted by Gasteiger charge is -2.27. The van der Waals surface area contributed by atoms with Gasteiger partial charge in [0.15, 0.2) is 0 Å². The molecule has 2 atom stereocenters. The van der Waals surface area contributed by atoms with Crippen LogP contribution in [0.1, 0.15) is 40.4 Å². The van der Waals surface area contributed by atoms with Crippen molar-refractivity contribution in [1.29, 1.82) is 0 Å². The third-order valence-corrected chi connectivity index (χ3v) is 6.70. The van der Waals surface area contributed by atoms with E-state index in [1.165, 1.54) is 18.3 Å². The van der Waals surface area contributed by atoms with Crippen molar-refractivity contribution in [3.05, 3.63) is 71.1 Å². The summed E-state index contributed by atoms with van der Waals surface area (Å²) in [6, 6.07) is 9.60. The fraction of sp³-hybridized carbons (Fsp3) is 0.333. The van der Waals surface area contributed by atoms with E-state index in [-0.39, 0.29) is 23.1 Å². The number of carbonyl (C=O) groups excluding carboxylic acids is 1. The van der Waals surface area contributed by atoms with Crippen LogP contribution in [-0.2, 0) is 19.6 Å². The molecule has 0 saturated carbocycles. The monoisotopic (exact) mass is 520 g/mol. The number of nitrogens with two attached hydrogens (primary N) is 1. The minimum Gasteiger partial charge on any atom is -0.493 e. The Labute approximate surface area is 210 Å². The fourth-order valence-electron chi connectivity index (χ4n) is 3.39. The van der Waals surface area contributed by atoms with Crippen LogP contribution in [0, 0.1) is 6.92 Å². The van der Waals surface area contributed by atoms with Crippen molar-refractivity contribution in [2.75, 3.05) is 20.8 Å². The van der Waals surface area contributed by atoms with Crippen molar-refractivity contribution < 1.29 is 32.6 Å². The fourth-order valence-corrected chi connectivity index (χ4v) is 4.57. The van der Waals surface area contributed by atoms with Crippen molar-refractivity contribution >= 4 is 22.3 Å². The number of fused-ring (bicyclic) bond motifs is 1. The van der Waals surface area contributed by atoms with Crippen LogP contribution in [-0.4, -0.2) is 52.6 Å². The van der Waals surface area contributed by atoms with E-state index in [0.717, 1.165) is 17.4 Å². The Morgan fingerprint density at radius 3 is 2.50 bits per heavy atom. The smallest absolute Gasteiger partial charge is 0.322 e. The van der Waals surface area contributed by atoms with E-state index < -0.39 is 22.0 Å². The maximum absolute atomic E-state index is 12.6. The van der Waals surface area contributed by atoms with Gasteiger partial charge in [0.1, 0.15) is 18.1 Å². The Morgan fingerprint density at radius 2 is 1.92 bits per heavy atom. The summed E-state index contributed by atoms with van der Waals surface area (Å²) in [6.45, 7) is 2.25. The zero-order chi connectivity index (χ0) is 26.7. The molecule has 11 nitrogen and oxygen atoms in total. The minimum absolute atomic E-state index is 0.0304. The zero-order valence-corrected chi connectivity index (χ0v) is 21.2. The number of ether oxygens (including phenoxy) is 2. The second kappa shape index (κ2) is 13.6. The number of hydrazine groups is 1. The average molecular weight is 521 g/mol. The van der Waals surface area contributed by atoms with E-state index in [1.807, 2.05) is 6.92 Å². The minimum atomic E-state index is -4.05. The number of aldehydes is 1. The topological polar surface area (TPSA) is 169 Å². The molecule has 36 heavy (non-hydrogen) atoms. The van der Waals surface area contributed by atoms with Gasteiger partial charge in [-0.2, -0.15) is 4.72 Å². The Hall–Kier alpha value is -3.45. The van der Waals surface area contributed by atoms with Gasteiger partial charge in [-0.05, 0) is 25.1 Å². The van der Waals surface area contributed by atoms with Gasteiger partial charge >= 0.3 is 5.97 Å². The SMILES string of the molecule is COC.Cc1ccc(S(=O)(=O)NC(C/C(=C/NC2CCOc3cc(C=O)ccc32)NN)C(=O)O)cc1. The number of hydrogen-bond donors (Lipinski definition) is 5. The van der Waals surface area contributed by atoms with Crippen molar-refractivity contribution in [3.63, 3.8) is 0 Å². The van der Waals surface area contributed by atoms with E-state index in [1.54, 1.807) is 44.6 Å². The summed E-state index contributed by atoms with van der Waals surface area (Å²) in [6.07, 6.45) is 2.67. The summed E-state index contributed by atoms with van der Waals surface area (Å²) in [4.78, 5) is 22.7. The van der Waals surface area contributed by atoms with Gasteiger partial charge in [-0.25, -0.2) is 8.42 Å². The highest BCUT2D eigenvalue weighted by molar-refractivity contribution is 7.89. The Morgan fingerprint density at radius 1 is 1.25 bits per heavy atom. The van der Waals surface area contributed by atoms with Crippen molar-refractivity contribution in [2.45, 2.75) is 36.7 Å². The third-order valence-electron chi connectivity index (χ3n) is 5.21. The van der Waals surface area contributed by atoms with Gasteiger partial charge in [-0.3, -0.25) is 15.4 Å². The highest BCUT2D eigenvalue weighted by Gasteiger charge is 2.27. The van der Waals surface area contributed by atoms with Gasteiger partial charge in [0.05, 0.1) is 17.5 Å². The van der Waals surface area contributed by atoms with E-state index in [4.69, 9.17) is 10.6 Å². The van der Waals surface area contributed by atoms with Crippen molar-refractivity contribution in [1.82, 2.24) is 15.5 Å². The molecule has 0 aromatic heterocycles. The van der Waals surface area contributed by atoms with Crippen LogP contribution in [0.3, 0.4) is 0 Å². The lowest BCUT2D eigenvalue weighted by atomic mass is 9.99. The first kappa shape index (κ1) is 28.8. The van der Waals surface area contributed by atoms with Gasteiger partial charge in [0, 0.05) is 50.1 Å². The molecule has 0 radical (unpaired) electrons. The summed E-state index contributed by atoms with van der Waals surface area (Å²) >= 11 is 0. The molecule has 0 aliphatic carbocycles. The zero-order valence-electron chi connectivity index (χ0n) is 20.4. The third kappa shape index (κ3) is 8.05. The van der Waals surface area contributed by atoms with Crippen LogP contribution in [0.15, 0.2) is 59.3 Å². The van der Waals surface area contributed by atoms with Gasteiger partial charge in [-0.15, -0.1) is 0 Å². The van der Waals surface area contributed by atoms with Crippen LogP contribution < -0.4 is 26.0 Å². The standard InChI is InChI=1S/C22H26N4O6S.C2H6O/c1-14-2-5-17(6-3-14)33(30,31)26-20(22(28)29)11-16(25-23)12-24-19-8-9-32-21-10-15(13-27)4-7-18(19)21;1-3-2/h2-7,10,12-13,19-20,24-26H,8-9,11,23H2,1H3,(H,28,29);1-2H3/b16-12-;. The molecule has 1 aliphatic rings. The number of carboxylic acids is 1. The molecule has 2 aromatic rings. The molecule has 12 heteroatoms. The Bertz CT molecular complexity index is 1170. The normalized spacial score (nSPS) is 15.9. The van der Waals surface area contributed by atoms with Gasteiger partial charge in [0.2, 0.25) is 10.0 Å². The maximum Gasteiger partial charge on any atom is 0.322 e. The predicted molar refractivity (Wildman–Crippen MR) is 134 cm³/mol. The maximum atomic E-state index is 12.6. The number of aryl methyl sites for hydroxylation is 1. The largest absolute Gasteiger partial charge is 0.493 e. The number of aliphatic carboxylic acids is 1. The summed E-state index contributed by atoms with van der Waals surface area (Å²) in [5, 5.41) is 12.7. The van der Waals surface area contributed by atoms with Crippen LogP contribution in [0.5, 0.6) is 5.75 Å². The number of sulfonamides is 1. The lowest BCUT2D eigenvalue weighted by Crippen LogP contribution is -2.42. The molecule has 0 bridgehead atoms. The van der Waals surface area contributed by atoms with Crippen LogP contribution >= 0.6 is 0 Å². The van der Waals surface area contributed by atoms with Gasteiger partial charge < -0.3 is 25.3 Å².